The Morgan fingerprint density at radius 3 is 2.32 bits per heavy atom. The number of nitrogens with zero attached hydrogens (tertiary/aromatic N) is 2. The predicted molar refractivity (Wildman–Crippen MR) is 171 cm³/mol. The Labute approximate surface area is 265 Å². The molecule has 1 amide bonds. The molecule has 5 rings (SSSR count). The second-order valence-corrected chi connectivity index (χ2v) is 14.0. The first kappa shape index (κ1) is 32.3. The number of carbonyl (C=O) groups is 1. The Morgan fingerprint density at radius 1 is 0.955 bits per heavy atom. The van der Waals surface area contributed by atoms with E-state index in [1.807, 2.05) is 13.8 Å². The molecule has 0 bridgehead atoms. The molecule has 1 fully saturated rings. The van der Waals surface area contributed by atoms with Crippen molar-refractivity contribution in [1.29, 1.82) is 0 Å². The fourth-order valence-electron chi connectivity index (χ4n) is 6.44. The van der Waals surface area contributed by atoms with E-state index in [9.17, 15) is 13.2 Å². The molecule has 3 aromatic carbocycles. The number of amides is 1. The number of ether oxygens (including phenoxy) is 2. The van der Waals surface area contributed by atoms with Gasteiger partial charge < -0.3 is 14.4 Å². The molecule has 0 spiro atoms. The van der Waals surface area contributed by atoms with Crippen LogP contribution in [0.25, 0.3) is 0 Å². The zero-order valence-electron chi connectivity index (χ0n) is 25.5. The topological polar surface area (TPSA) is 76.2 Å². The molecule has 0 aromatic heterocycles. The second-order valence-electron chi connectivity index (χ2n) is 11.8. The van der Waals surface area contributed by atoms with Gasteiger partial charge >= 0.3 is 0 Å². The largest absolute Gasteiger partial charge is 0.495 e. The van der Waals surface area contributed by atoms with Crippen LogP contribution in [0.1, 0.15) is 69.9 Å². The highest BCUT2D eigenvalue weighted by Gasteiger charge is 2.56. The number of piperidine rings is 1. The van der Waals surface area contributed by atoms with E-state index >= 15 is 4.39 Å². The number of likely N-dealkylation sites (tertiary alicyclic amines) is 1. The zero-order valence-corrected chi connectivity index (χ0v) is 27.1. The molecule has 2 aliphatic rings. The number of sulfonamides is 1. The fourth-order valence-corrected chi connectivity index (χ4v) is 8.16. The summed E-state index contributed by atoms with van der Waals surface area (Å²) in [6.45, 7) is 6.92. The van der Waals surface area contributed by atoms with Gasteiger partial charge in [-0.1, -0.05) is 49.1 Å². The first-order chi connectivity index (χ1) is 21.1. The number of carbonyl (C=O) groups excluding carboxylic acids is 1. The monoisotopic (exact) mass is 642 g/mol. The molecular formula is C34H40ClFN2O5S. The van der Waals surface area contributed by atoms with Gasteiger partial charge in [0.25, 0.3) is 15.9 Å². The van der Waals surface area contributed by atoms with E-state index in [1.54, 1.807) is 36.4 Å². The van der Waals surface area contributed by atoms with Crippen molar-refractivity contribution in [1.82, 2.24) is 4.90 Å². The number of hydrogen-bond donors (Lipinski definition) is 0. The summed E-state index contributed by atoms with van der Waals surface area (Å²) in [5.41, 5.74) is -1.02. The number of methoxy groups -OCH3 is 1. The number of anilines is 1. The summed E-state index contributed by atoms with van der Waals surface area (Å²) in [6.07, 6.45) is 6.15. The minimum atomic E-state index is -4.43. The van der Waals surface area contributed by atoms with Crippen LogP contribution in [0, 0.1) is 5.82 Å². The minimum Gasteiger partial charge on any atom is -0.495 e. The maximum absolute atomic E-state index is 15.7. The Kier molecular flexibility index (Phi) is 9.87. The predicted octanol–water partition coefficient (Wildman–Crippen LogP) is 7.34. The fraction of sp³-hybridized carbons (Fsp3) is 0.441. The molecular weight excluding hydrogens is 603 g/mol. The van der Waals surface area contributed by atoms with Crippen LogP contribution in [-0.4, -0.2) is 52.1 Å². The molecule has 236 valence electrons. The van der Waals surface area contributed by atoms with Gasteiger partial charge in [0.1, 0.15) is 22.7 Å². The molecule has 0 radical (unpaired) electrons. The highest BCUT2D eigenvalue weighted by Crippen LogP contribution is 2.54. The third-order valence-corrected chi connectivity index (χ3v) is 10.5. The molecule has 1 saturated heterocycles. The van der Waals surface area contributed by atoms with Crippen LogP contribution in [0.5, 0.6) is 11.5 Å². The van der Waals surface area contributed by atoms with Gasteiger partial charge in [-0.05, 0) is 101 Å². The molecule has 0 saturated carbocycles. The minimum absolute atomic E-state index is 0.0901. The van der Waals surface area contributed by atoms with Gasteiger partial charge in [0.05, 0.1) is 28.8 Å². The standard InChI is InChI=1S/C34H40ClFN2O5S/c1-24(2)43-25-14-16-26(17-15-25)44(40,41)38-31-23-32(42-3)29(35)22-28(31)34(33(38)39,27-12-6-7-13-30(27)36)18-8-4-9-19-37-20-10-5-11-21-37/h6-7,12-17,22-24H,4-5,8-11,18-21H2,1-3H3. The van der Waals surface area contributed by atoms with Crippen molar-refractivity contribution >= 4 is 33.2 Å². The number of fused-ring (bicyclic) bond motifs is 1. The number of hydrogen-bond acceptors (Lipinski definition) is 6. The summed E-state index contributed by atoms with van der Waals surface area (Å²) in [4.78, 5) is 17.1. The lowest BCUT2D eigenvalue weighted by Crippen LogP contribution is -2.44. The van der Waals surface area contributed by atoms with Gasteiger partial charge in [0.2, 0.25) is 0 Å². The average molecular weight is 643 g/mol. The number of halogens is 2. The average Bonchev–Trinajstić information content (AvgIpc) is 3.24. The lowest BCUT2D eigenvalue weighted by atomic mass is 9.71. The SMILES string of the molecule is COc1cc2c(cc1Cl)C(CCCCCN1CCCCC1)(c1ccccc1F)C(=O)N2S(=O)(=O)c1ccc(OC(C)C)cc1. The zero-order chi connectivity index (χ0) is 31.5. The molecule has 0 N–H and O–H groups in total. The van der Waals surface area contributed by atoms with E-state index in [0.717, 1.165) is 36.8 Å². The summed E-state index contributed by atoms with van der Waals surface area (Å²) in [5, 5.41) is 0.208. The maximum atomic E-state index is 15.7. The lowest BCUT2D eigenvalue weighted by Gasteiger charge is -2.30. The van der Waals surface area contributed by atoms with Gasteiger partial charge in [-0.15, -0.1) is 0 Å². The van der Waals surface area contributed by atoms with Crippen molar-refractivity contribution in [2.45, 2.75) is 75.2 Å². The van der Waals surface area contributed by atoms with Crippen molar-refractivity contribution in [3.05, 3.63) is 82.6 Å². The molecule has 2 aliphatic heterocycles. The molecule has 2 heterocycles. The second kappa shape index (κ2) is 13.5. The molecule has 3 aromatic rings. The van der Waals surface area contributed by atoms with Crippen molar-refractivity contribution < 1.29 is 27.1 Å². The number of unbranched alkanes of at least 4 members (excludes halogenated alkanes) is 2. The summed E-state index contributed by atoms with van der Waals surface area (Å²) in [5.74, 6) is -0.599. The van der Waals surface area contributed by atoms with E-state index < -0.39 is 27.2 Å². The third kappa shape index (κ3) is 6.19. The van der Waals surface area contributed by atoms with E-state index in [0.29, 0.717) is 17.7 Å². The third-order valence-electron chi connectivity index (χ3n) is 8.54. The molecule has 44 heavy (non-hydrogen) atoms. The van der Waals surface area contributed by atoms with Crippen LogP contribution < -0.4 is 13.8 Å². The van der Waals surface area contributed by atoms with Gasteiger partial charge in [-0.25, -0.2) is 17.1 Å². The Morgan fingerprint density at radius 2 is 1.66 bits per heavy atom. The maximum Gasteiger partial charge on any atom is 0.270 e. The first-order valence-corrected chi connectivity index (χ1v) is 17.1. The van der Waals surface area contributed by atoms with Crippen LogP contribution in [0.2, 0.25) is 5.02 Å². The van der Waals surface area contributed by atoms with Gasteiger partial charge in [-0.3, -0.25) is 4.79 Å². The number of rotatable bonds is 12. The van der Waals surface area contributed by atoms with E-state index in [2.05, 4.69) is 4.90 Å². The Balaban J connectivity index is 1.57. The van der Waals surface area contributed by atoms with Gasteiger partial charge in [0, 0.05) is 11.6 Å². The van der Waals surface area contributed by atoms with E-state index in [1.165, 1.54) is 50.6 Å². The smallest absolute Gasteiger partial charge is 0.270 e. The summed E-state index contributed by atoms with van der Waals surface area (Å²) in [6, 6.07) is 15.1. The van der Waals surface area contributed by atoms with Crippen LogP contribution in [0.4, 0.5) is 10.1 Å². The van der Waals surface area contributed by atoms with Crippen molar-refractivity contribution in [3.8, 4) is 11.5 Å². The summed E-state index contributed by atoms with van der Waals surface area (Å²) >= 11 is 6.60. The quantitative estimate of drug-likeness (QED) is 0.192. The van der Waals surface area contributed by atoms with Crippen molar-refractivity contribution in [2.24, 2.45) is 0 Å². The normalized spacial score (nSPS) is 19.0. The summed E-state index contributed by atoms with van der Waals surface area (Å²) < 4.78 is 56.2. The van der Waals surface area contributed by atoms with Gasteiger partial charge in [-0.2, -0.15) is 0 Å². The molecule has 10 heteroatoms. The van der Waals surface area contributed by atoms with Crippen LogP contribution >= 0.6 is 11.6 Å². The lowest BCUT2D eigenvalue weighted by molar-refractivity contribution is -0.121. The van der Waals surface area contributed by atoms with Crippen LogP contribution in [-0.2, 0) is 20.2 Å². The van der Waals surface area contributed by atoms with Gasteiger partial charge in [0.15, 0.2) is 0 Å². The molecule has 7 nitrogen and oxygen atoms in total. The number of benzene rings is 3. The Bertz CT molecular complexity index is 1590. The van der Waals surface area contributed by atoms with Crippen molar-refractivity contribution in [3.63, 3.8) is 0 Å². The van der Waals surface area contributed by atoms with Crippen LogP contribution in [0.15, 0.2) is 65.6 Å². The molecule has 0 aliphatic carbocycles. The highest BCUT2D eigenvalue weighted by atomic mass is 35.5. The molecule has 1 unspecified atom stereocenters. The summed E-state index contributed by atoms with van der Waals surface area (Å²) in [7, 11) is -3.01. The molecule has 1 atom stereocenters. The van der Waals surface area contributed by atoms with Crippen molar-refractivity contribution in [2.75, 3.05) is 31.0 Å². The van der Waals surface area contributed by atoms with E-state index in [4.69, 9.17) is 21.1 Å². The van der Waals surface area contributed by atoms with E-state index in [-0.39, 0.29) is 39.4 Å². The highest BCUT2D eigenvalue weighted by molar-refractivity contribution is 7.93. The van der Waals surface area contributed by atoms with Crippen LogP contribution in [0.3, 0.4) is 0 Å². The first-order valence-electron chi connectivity index (χ1n) is 15.3. The Hall–Kier alpha value is -3.14.